The summed E-state index contributed by atoms with van der Waals surface area (Å²) in [6.07, 6.45) is 8.02. The minimum Gasteiger partial charge on any atom is -0.310 e. The number of benzene rings is 9. The Morgan fingerprint density at radius 3 is 1.81 bits per heavy atom. The Kier molecular flexibility index (Phi) is 9.07. The van der Waals surface area contributed by atoms with Gasteiger partial charge in [-0.1, -0.05) is 214 Å². The summed E-state index contributed by atoms with van der Waals surface area (Å²) in [6, 6.07) is 77.3. The summed E-state index contributed by atoms with van der Waals surface area (Å²) in [6.45, 7) is 7.09. The third-order valence-electron chi connectivity index (χ3n) is 15.1. The van der Waals surface area contributed by atoms with Crippen LogP contribution in [0.4, 0.5) is 17.1 Å². The lowest BCUT2D eigenvalue weighted by molar-refractivity contribution is 0.615. The highest BCUT2D eigenvalue weighted by atomic mass is 32.1. The van der Waals surface area contributed by atoms with E-state index in [-0.39, 0.29) is 5.41 Å². The van der Waals surface area contributed by atoms with E-state index in [0.717, 1.165) is 23.5 Å². The van der Waals surface area contributed by atoms with Crippen molar-refractivity contribution < 1.29 is 0 Å². The summed E-state index contributed by atoms with van der Waals surface area (Å²) in [5.41, 5.74) is 21.5. The molecule has 0 aliphatic heterocycles. The van der Waals surface area contributed by atoms with Crippen LogP contribution < -0.4 is 4.90 Å². The van der Waals surface area contributed by atoms with Gasteiger partial charge in [-0.15, -0.1) is 11.3 Å². The highest BCUT2D eigenvalue weighted by Gasteiger charge is 2.48. The minimum atomic E-state index is -0.435. The maximum Gasteiger partial charge on any atom is 0.0677 e. The van der Waals surface area contributed by atoms with Gasteiger partial charge in [-0.2, -0.15) is 0 Å². The highest BCUT2D eigenvalue weighted by Crippen LogP contribution is 2.59. The standard InChI is InChI=1S/C65H49NS/c1-42-16-14-21-47(40-42)65(46-19-8-5-9-20-46)58-27-13-10-22-52(58)53-37-36-50(41-60(53)65)66(48-32-28-44(29-33-48)43-17-6-4-7-18-43)49-34-30-45(31-35-49)51-24-15-25-54-55-38-39-59-61(63(55)67-62(51)54)56-23-11-12-26-57(56)64(59,2)3/h4-39,41-42H,40H2,1-3H3. The molecule has 2 heteroatoms. The Morgan fingerprint density at radius 1 is 0.463 bits per heavy atom. The van der Waals surface area contributed by atoms with Gasteiger partial charge in [0.05, 0.1) is 5.41 Å². The van der Waals surface area contributed by atoms with Gasteiger partial charge in [0.15, 0.2) is 0 Å². The third kappa shape index (κ3) is 5.99. The van der Waals surface area contributed by atoms with E-state index in [2.05, 4.69) is 250 Å². The number of anilines is 3. The molecule has 1 aromatic heterocycles. The Bertz CT molecular complexity index is 3630. The summed E-state index contributed by atoms with van der Waals surface area (Å²) >= 11 is 1.95. The van der Waals surface area contributed by atoms with Crippen molar-refractivity contribution in [2.24, 2.45) is 5.92 Å². The van der Waals surface area contributed by atoms with Gasteiger partial charge in [0.1, 0.15) is 0 Å². The van der Waals surface area contributed by atoms with Crippen LogP contribution in [0.5, 0.6) is 0 Å². The number of nitrogens with zero attached hydrogens (tertiary/aromatic N) is 1. The lowest BCUT2D eigenvalue weighted by atomic mass is 9.64. The normalized spacial score (nSPS) is 17.5. The van der Waals surface area contributed by atoms with Crippen molar-refractivity contribution in [1.29, 1.82) is 0 Å². The Hall–Kier alpha value is -7.52. The molecule has 2 unspecified atom stereocenters. The van der Waals surface area contributed by atoms with Gasteiger partial charge in [-0.05, 0) is 115 Å². The lowest BCUT2D eigenvalue weighted by Gasteiger charge is -2.38. The second-order valence-electron chi connectivity index (χ2n) is 19.3. The largest absolute Gasteiger partial charge is 0.310 e. The van der Waals surface area contributed by atoms with Gasteiger partial charge in [-0.3, -0.25) is 0 Å². The van der Waals surface area contributed by atoms with Gasteiger partial charge in [0, 0.05) is 48.2 Å². The van der Waals surface area contributed by atoms with Crippen molar-refractivity contribution in [1.82, 2.24) is 0 Å². The number of allylic oxidation sites excluding steroid dienone is 4. The van der Waals surface area contributed by atoms with Gasteiger partial charge < -0.3 is 4.90 Å². The fourth-order valence-electron chi connectivity index (χ4n) is 12.0. The smallest absolute Gasteiger partial charge is 0.0677 e. The first-order valence-corrected chi connectivity index (χ1v) is 24.5. The topological polar surface area (TPSA) is 3.24 Å². The summed E-state index contributed by atoms with van der Waals surface area (Å²) in [7, 11) is 0. The van der Waals surface area contributed by atoms with Crippen LogP contribution in [0.25, 0.3) is 64.7 Å². The summed E-state index contributed by atoms with van der Waals surface area (Å²) < 4.78 is 2.73. The number of thiophene rings is 1. The Labute approximate surface area is 397 Å². The van der Waals surface area contributed by atoms with Crippen LogP contribution in [0, 0.1) is 5.92 Å². The predicted octanol–water partition coefficient (Wildman–Crippen LogP) is 18.0. The van der Waals surface area contributed by atoms with E-state index >= 15 is 0 Å². The summed E-state index contributed by atoms with van der Waals surface area (Å²) in [5, 5.41) is 2.67. The molecule has 1 nitrogen and oxygen atoms in total. The van der Waals surface area contributed by atoms with Crippen molar-refractivity contribution in [3.05, 3.63) is 258 Å². The molecule has 2 atom stereocenters. The zero-order valence-electron chi connectivity index (χ0n) is 38.0. The molecular weight excluding hydrogens is 827 g/mol. The quantitative estimate of drug-likeness (QED) is 0.154. The van der Waals surface area contributed by atoms with Crippen LogP contribution in [0.1, 0.15) is 55.0 Å². The first-order valence-electron chi connectivity index (χ1n) is 23.7. The monoisotopic (exact) mass is 875 g/mol. The van der Waals surface area contributed by atoms with Crippen LogP contribution in [0.2, 0.25) is 0 Å². The molecular formula is C65H49NS. The van der Waals surface area contributed by atoms with Crippen molar-refractivity contribution in [2.45, 2.75) is 38.0 Å². The van der Waals surface area contributed by atoms with Gasteiger partial charge >= 0.3 is 0 Å². The molecule has 10 aromatic rings. The molecule has 0 spiro atoms. The van der Waals surface area contributed by atoms with Crippen molar-refractivity contribution in [3.63, 3.8) is 0 Å². The first-order chi connectivity index (χ1) is 32.9. The number of hydrogen-bond acceptors (Lipinski definition) is 2. The summed E-state index contributed by atoms with van der Waals surface area (Å²) in [5.74, 6) is 0.446. The number of hydrogen-bond donors (Lipinski definition) is 0. The molecule has 0 amide bonds. The molecule has 0 saturated heterocycles. The van der Waals surface area contributed by atoms with E-state index in [1.165, 1.54) is 98.1 Å². The fraction of sp³-hybridized carbons (Fsp3) is 0.108. The van der Waals surface area contributed by atoms with Gasteiger partial charge in [-0.25, -0.2) is 0 Å². The maximum atomic E-state index is 2.50. The molecule has 0 saturated carbocycles. The predicted molar refractivity (Wildman–Crippen MR) is 285 cm³/mol. The molecule has 67 heavy (non-hydrogen) atoms. The maximum absolute atomic E-state index is 2.50. The molecule has 9 aromatic carbocycles. The molecule has 3 aliphatic rings. The van der Waals surface area contributed by atoms with E-state index in [1.807, 2.05) is 11.3 Å². The van der Waals surface area contributed by atoms with Crippen molar-refractivity contribution in [3.8, 4) is 44.5 Å². The zero-order chi connectivity index (χ0) is 44.9. The van der Waals surface area contributed by atoms with Crippen LogP contribution >= 0.6 is 11.3 Å². The number of fused-ring (bicyclic) bond motifs is 10. The van der Waals surface area contributed by atoms with E-state index in [4.69, 9.17) is 0 Å². The molecule has 0 radical (unpaired) electrons. The average Bonchev–Trinajstić information content (AvgIpc) is 3.99. The van der Waals surface area contributed by atoms with Crippen molar-refractivity contribution in [2.75, 3.05) is 4.90 Å². The van der Waals surface area contributed by atoms with E-state index < -0.39 is 5.41 Å². The van der Waals surface area contributed by atoms with Crippen LogP contribution in [-0.4, -0.2) is 0 Å². The minimum absolute atomic E-state index is 0.0301. The van der Waals surface area contributed by atoms with E-state index in [0.29, 0.717) is 5.92 Å². The number of rotatable bonds is 7. The molecule has 1 heterocycles. The molecule has 3 aliphatic carbocycles. The highest BCUT2D eigenvalue weighted by molar-refractivity contribution is 7.27. The van der Waals surface area contributed by atoms with Gasteiger partial charge in [0.25, 0.3) is 0 Å². The van der Waals surface area contributed by atoms with Crippen LogP contribution in [-0.2, 0) is 10.8 Å². The summed E-state index contributed by atoms with van der Waals surface area (Å²) in [4.78, 5) is 2.46. The first kappa shape index (κ1) is 39.8. The second-order valence-corrected chi connectivity index (χ2v) is 20.3. The lowest BCUT2D eigenvalue weighted by Crippen LogP contribution is -2.31. The SMILES string of the molecule is CC1C=CC=C(C2(c3ccccc3)c3ccccc3-c3ccc(N(c4ccc(-c5ccccc5)cc4)c4ccc(-c5cccc6c5sc5c7c(ccc56)C(C)(C)c5ccccc5-7)cc4)cc32)C1. The van der Waals surface area contributed by atoms with E-state index in [9.17, 15) is 0 Å². The third-order valence-corrected chi connectivity index (χ3v) is 16.4. The zero-order valence-corrected chi connectivity index (χ0v) is 38.8. The second kappa shape index (κ2) is 15.3. The van der Waals surface area contributed by atoms with Crippen molar-refractivity contribution >= 4 is 48.6 Å². The van der Waals surface area contributed by atoms with E-state index in [1.54, 1.807) is 0 Å². The fourth-order valence-corrected chi connectivity index (χ4v) is 13.4. The Morgan fingerprint density at radius 2 is 1.06 bits per heavy atom. The molecule has 0 fully saturated rings. The molecule has 320 valence electrons. The Balaban J connectivity index is 0.974. The molecule has 13 rings (SSSR count). The average molecular weight is 876 g/mol. The van der Waals surface area contributed by atoms with Crippen LogP contribution in [0.15, 0.2) is 230 Å². The molecule has 0 N–H and O–H groups in total. The van der Waals surface area contributed by atoms with Gasteiger partial charge in [0.2, 0.25) is 0 Å². The molecule has 0 bridgehead atoms. The van der Waals surface area contributed by atoms with Crippen LogP contribution in [0.3, 0.4) is 0 Å².